The number of alkyl halides is 2. The smallest absolute Gasteiger partial charge is 0.0906 e. The zero-order valence-electron chi connectivity index (χ0n) is 7.44. The third-order valence-corrected chi connectivity index (χ3v) is 2.71. The molecular formula is C9H17ClFN. The molecule has 0 aromatic heterocycles. The molecule has 0 saturated carbocycles. The third-order valence-electron chi connectivity index (χ3n) is 2.50. The highest BCUT2D eigenvalue weighted by Gasteiger charge is 2.20. The Morgan fingerprint density at radius 1 is 1.50 bits per heavy atom. The van der Waals surface area contributed by atoms with E-state index in [0.29, 0.717) is 6.42 Å². The van der Waals surface area contributed by atoms with E-state index in [1.54, 1.807) is 0 Å². The molecule has 1 fully saturated rings. The predicted octanol–water partition coefficient (Wildman–Crippen LogP) is 2.30. The standard InChI is InChI=1S/C9H17ClFN/c10-4-2-9-3-7-12(8-9)6-1-5-11/h9H,1-8H2. The molecule has 1 aliphatic rings. The van der Waals surface area contributed by atoms with E-state index in [4.69, 9.17) is 11.6 Å². The number of hydrogen-bond donors (Lipinski definition) is 0. The highest BCUT2D eigenvalue weighted by molar-refractivity contribution is 6.17. The lowest BCUT2D eigenvalue weighted by atomic mass is 10.1. The Morgan fingerprint density at radius 2 is 2.33 bits per heavy atom. The van der Waals surface area contributed by atoms with Crippen molar-refractivity contribution >= 4 is 11.6 Å². The van der Waals surface area contributed by atoms with Crippen LogP contribution in [0.15, 0.2) is 0 Å². The van der Waals surface area contributed by atoms with Gasteiger partial charge in [0.15, 0.2) is 0 Å². The van der Waals surface area contributed by atoms with Crippen molar-refractivity contribution in [3.8, 4) is 0 Å². The summed E-state index contributed by atoms with van der Waals surface area (Å²) in [6.45, 7) is 3.01. The summed E-state index contributed by atoms with van der Waals surface area (Å²) in [6, 6.07) is 0. The maximum atomic E-state index is 11.8. The number of hydrogen-bond acceptors (Lipinski definition) is 1. The van der Waals surface area contributed by atoms with Gasteiger partial charge in [-0.25, -0.2) is 0 Å². The molecule has 0 radical (unpaired) electrons. The first-order valence-corrected chi connectivity index (χ1v) is 5.24. The van der Waals surface area contributed by atoms with Gasteiger partial charge in [0.05, 0.1) is 6.67 Å². The van der Waals surface area contributed by atoms with E-state index >= 15 is 0 Å². The lowest BCUT2D eigenvalue weighted by molar-refractivity contribution is 0.300. The Hall–Kier alpha value is 0.180. The minimum atomic E-state index is -0.184. The molecule has 1 atom stereocenters. The molecule has 1 rings (SSSR count). The Labute approximate surface area is 78.9 Å². The van der Waals surface area contributed by atoms with E-state index in [1.165, 1.54) is 6.42 Å². The largest absolute Gasteiger partial charge is 0.303 e. The van der Waals surface area contributed by atoms with Gasteiger partial charge in [-0.2, -0.15) is 0 Å². The van der Waals surface area contributed by atoms with Crippen molar-refractivity contribution in [3.05, 3.63) is 0 Å². The van der Waals surface area contributed by atoms with Crippen LogP contribution in [-0.2, 0) is 0 Å². The van der Waals surface area contributed by atoms with Crippen molar-refractivity contribution in [2.75, 3.05) is 32.2 Å². The maximum Gasteiger partial charge on any atom is 0.0906 e. The Morgan fingerprint density at radius 3 is 3.00 bits per heavy atom. The molecule has 0 bridgehead atoms. The number of nitrogens with zero attached hydrogens (tertiary/aromatic N) is 1. The summed E-state index contributed by atoms with van der Waals surface area (Å²) in [5, 5.41) is 0. The van der Waals surface area contributed by atoms with Crippen molar-refractivity contribution in [1.29, 1.82) is 0 Å². The van der Waals surface area contributed by atoms with Gasteiger partial charge in [0.25, 0.3) is 0 Å². The highest BCUT2D eigenvalue weighted by Crippen LogP contribution is 2.19. The minimum Gasteiger partial charge on any atom is -0.303 e. The zero-order chi connectivity index (χ0) is 8.81. The van der Waals surface area contributed by atoms with Gasteiger partial charge in [0.1, 0.15) is 0 Å². The van der Waals surface area contributed by atoms with E-state index in [1.807, 2.05) is 0 Å². The second-order valence-electron chi connectivity index (χ2n) is 3.48. The Balaban J connectivity index is 2.08. The molecule has 0 N–H and O–H groups in total. The Kier molecular flexibility index (Phi) is 4.93. The molecule has 1 nitrogen and oxygen atoms in total. The molecule has 0 spiro atoms. The number of halogens is 2. The van der Waals surface area contributed by atoms with Gasteiger partial charge in [0, 0.05) is 19.0 Å². The van der Waals surface area contributed by atoms with Crippen molar-refractivity contribution < 1.29 is 4.39 Å². The molecule has 3 heteroatoms. The van der Waals surface area contributed by atoms with Gasteiger partial charge < -0.3 is 4.90 Å². The van der Waals surface area contributed by atoms with Crippen LogP contribution in [0, 0.1) is 5.92 Å². The summed E-state index contributed by atoms with van der Waals surface area (Å²) in [6.07, 6.45) is 3.06. The van der Waals surface area contributed by atoms with Crippen LogP contribution in [0.25, 0.3) is 0 Å². The molecule has 1 unspecified atom stereocenters. The summed E-state index contributed by atoms with van der Waals surface area (Å²) >= 11 is 5.66. The van der Waals surface area contributed by atoms with Crippen LogP contribution in [0.5, 0.6) is 0 Å². The van der Waals surface area contributed by atoms with Crippen LogP contribution >= 0.6 is 11.6 Å². The summed E-state index contributed by atoms with van der Waals surface area (Å²) in [5.41, 5.74) is 0. The molecule has 0 aromatic carbocycles. The van der Waals surface area contributed by atoms with Crippen LogP contribution < -0.4 is 0 Å². The minimum absolute atomic E-state index is 0.184. The van der Waals surface area contributed by atoms with Gasteiger partial charge in [-0.05, 0) is 31.7 Å². The molecular weight excluding hydrogens is 177 g/mol. The molecule has 1 saturated heterocycles. The number of rotatable bonds is 5. The second kappa shape index (κ2) is 5.76. The lowest BCUT2D eigenvalue weighted by Crippen LogP contribution is -2.22. The molecule has 0 amide bonds. The first kappa shape index (κ1) is 10.3. The van der Waals surface area contributed by atoms with E-state index in [9.17, 15) is 4.39 Å². The average Bonchev–Trinajstić information content (AvgIpc) is 2.50. The van der Waals surface area contributed by atoms with Crippen molar-refractivity contribution in [2.45, 2.75) is 19.3 Å². The first-order valence-electron chi connectivity index (χ1n) is 4.71. The van der Waals surface area contributed by atoms with Crippen molar-refractivity contribution in [2.24, 2.45) is 5.92 Å². The lowest BCUT2D eigenvalue weighted by Gasteiger charge is -2.14. The van der Waals surface area contributed by atoms with Crippen molar-refractivity contribution in [1.82, 2.24) is 4.90 Å². The normalized spacial score (nSPS) is 25.0. The summed E-state index contributed by atoms with van der Waals surface area (Å²) in [5.74, 6) is 1.53. The van der Waals surface area contributed by atoms with Crippen LogP contribution in [0.3, 0.4) is 0 Å². The number of likely N-dealkylation sites (tertiary alicyclic amines) is 1. The molecule has 1 heterocycles. The van der Waals surface area contributed by atoms with Gasteiger partial charge in [-0.15, -0.1) is 11.6 Å². The van der Waals surface area contributed by atoms with Gasteiger partial charge >= 0.3 is 0 Å². The molecule has 12 heavy (non-hydrogen) atoms. The highest BCUT2D eigenvalue weighted by atomic mass is 35.5. The fourth-order valence-corrected chi connectivity index (χ4v) is 2.10. The van der Waals surface area contributed by atoms with E-state index < -0.39 is 0 Å². The topological polar surface area (TPSA) is 3.24 Å². The van der Waals surface area contributed by atoms with Crippen LogP contribution in [0.4, 0.5) is 4.39 Å². The first-order chi connectivity index (χ1) is 5.86. The van der Waals surface area contributed by atoms with E-state index in [-0.39, 0.29) is 6.67 Å². The van der Waals surface area contributed by atoms with Crippen molar-refractivity contribution in [3.63, 3.8) is 0 Å². The summed E-state index contributed by atoms with van der Waals surface area (Å²) in [7, 11) is 0. The van der Waals surface area contributed by atoms with Gasteiger partial charge in [-0.1, -0.05) is 0 Å². The molecule has 0 aliphatic carbocycles. The predicted molar refractivity (Wildman–Crippen MR) is 50.5 cm³/mol. The quantitative estimate of drug-likeness (QED) is 0.606. The maximum absolute atomic E-state index is 11.8. The average molecular weight is 194 g/mol. The summed E-state index contributed by atoms with van der Waals surface area (Å²) < 4.78 is 11.8. The molecule has 1 aliphatic heterocycles. The van der Waals surface area contributed by atoms with Gasteiger partial charge in [-0.3, -0.25) is 4.39 Å². The fraction of sp³-hybridized carbons (Fsp3) is 1.00. The second-order valence-corrected chi connectivity index (χ2v) is 3.85. The van der Waals surface area contributed by atoms with Crippen LogP contribution in [-0.4, -0.2) is 37.1 Å². The van der Waals surface area contributed by atoms with Crippen LogP contribution in [0.2, 0.25) is 0 Å². The van der Waals surface area contributed by atoms with Crippen LogP contribution in [0.1, 0.15) is 19.3 Å². The Bertz CT molecular complexity index is 121. The molecule has 0 aromatic rings. The third kappa shape index (κ3) is 3.28. The monoisotopic (exact) mass is 193 g/mol. The molecule has 72 valence electrons. The zero-order valence-corrected chi connectivity index (χ0v) is 8.19. The SMILES string of the molecule is FCCCN1CCC(CCCl)C1. The fourth-order valence-electron chi connectivity index (χ4n) is 1.79. The van der Waals surface area contributed by atoms with E-state index in [2.05, 4.69) is 4.90 Å². The summed E-state index contributed by atoms with van der Waals surface area (Å²) in [4.78, 5) is 2.34. The van der Waals surface area contributed by atoms with E-state index in [0.717, 1.165) is 37.9 Å². The van der Waals surface area contributed by atoms with Gasteiger partial charge in [0.2, 0.25) is 0 Å².